The summed E-state index contributed by atoms with van der Waals surface area (Å²) >= 11 is 3.51. The zero-order valence-corrected chi connectivity index (χ0v) is 12.5. The smallest absolute Gasteiger partial charge is 0.122 e. The van der Waals surface area contributed by atoms with E-state index in [0.717, 1.165) is 29.5 Å². The van der Waals surface area contributed by atoms with Crippen LogP contribution in [0.3, 0.4) is 0 Å². The molecule has 0 atom stereocenters. The zero-order valence-electron chi connectivity index (χ0n) is 10.9. The summed E-state index contributed by atoms with van der Waals surface area (Å²) in [6, 6.07) is 6.10. The average molecular weight is 313 g/mol. The Balaban J connectivity index is 2.23. The molecule has 18 heavy (non-hydrogen) atoms. The molecule has 2 nitrogen and oxygen atoms in total. The Morgan fingerprint density at radius 3 is 2.61 bits per heavy atom. The van der Waals surface area contributed by atoms with E-state index in [4.69, 9.17) is 4.74 Å². The molecule has 1 fully saturated rings. The van der Waals surface area contributed by atoms with Crippen molar-refractivity contribution < 1.29 is 9.84 Å². The second-order valence-corrected chi connectivity index (χ2v) is 6.27. The van der Waals surface area contributed by atoms with Crippen molar-refractivity contribution in [2.75, 3.05) is 13.7 Å². The van der Waals surface area contributed by atoms with Crippen molar-refractivity contribution in [2.45, 2.75) is 38.5 Å². The fourth-order valence-corrected chi connectivity index (χ4v) is 3.39. The lowest BCUT2D eigenvalue weighted by atomic mass is 9.71. The highest BCUT2D eigenvalue weighted by atomic mass is 79.9. The molecule has 100 valence electrons. The van der Waals surface area contributed by atoms with E-state index in [1.54, 1.807) is 7.11 Å². The minimum atomic E-state index is 0.0618. The molecule has 2 rings (SSSR count). The lowest BCUT2D eigenvalue weighted by Gasteiger charge is -2.36. The third-order valence-electron chi connectivity index (χ3n) is 4.06. The largest absolute Gasteiger partial charge is 0.496 e. The van der Waals surface area contributed by atoms with Crippen LogP contribution in [0.5, 0.6) is 5.75 Å². The monoisotopic (exact) mass is 312 g/mol. The van der Waals surface area contributed by atoms with E-state index >= 15 is 0 Å². The first-order valence-corrected chi connectivity index (χ1v) is 7.42. The number of hydrogen-bond acceptors (Lipinski definition) is 2. The number of aliphatic hydroxyl groups is 1. The van der Waals surface area contributed by atoms with Gasteiger partial charge in [-0.3, -0.25) is 0 Å². The minimum absolute atomic E-state index is 0.0618. The molecule has 0 aliphatic heterocycles. The molecule has 1 N–H and O–H groups in total. The Hall–Kier alpha value is -0.540. The van der Waals surface area contributed by atoms with Gasteiger partial charge in [-0.15, -0.1) is 0 Å². The summed E-state index contributed by atoms with van der Waals surface area (Å²) in [6.07, 6.45) is 6.93. The number of hydrogen-bond donors (Lipinski definition) is 1. The molecule has 0 heterocycles. The number of benzene rings is 1. The zero-order chi connectivity index (χ0) is 13.0. The normalized spacial score (nSPS) is 18.6. The van der Waals surface area contributed by atoms with Gasteiger partial charge >= 0.3 is 0 Å². The number of rotatable bonds is 4. The summed E-state index contributed by atoms with van der Waals surface area (Å²) in [5.41, 5.74) is 1.26. The van der Waals surface area contributed by atoms with Gasteiger partial charge in [0.1, 0.15) is 5.75 Å². The minimum Gasteiger partial charge on any atom is -0.496 e. The molecule has 0 spiro atoms. The van der Waals surface area contributed by atoms with Crippen LogP contribution in [0.2, 0.25) is 0 Å². The first-order valence-electron chi connectivity index (χ1n) is 6.62. The van der Waals surface area contributed by atoms with Crippen LogP contribution < -0.4 is 4.74 Å². The maximum atomic E-state index is 9.78. The van der Waals surface area contributed by atoms with Gasteiger partial charge in [-0.05, 0) is 48.4 Å². The van der Waals surface area contributed by atoms with Crippen molar-refractivity contribution in [1.29, 1.82) is 0 Å². The summed E-state index contributed by atoms with van der Waals surface area (Å²) in [7, 11) is 1.71. The predicted molar refractivity (Wildman–Crippen MR) is 77.0 cm³/mol. The highest BCUT2D eigenvalue weighted by Gasteiger charge is 2.32. The molecule has 0 unspecified atom stereocenters. The molecule has 0 bridgehead atoms. The summed E-state index contributed by atoms with van der Waals surface area (Å²) in [6.45, 7) is 0.280. The van der Waals surface area contributed by atoms with Gasteiger partial charge in [-0.1, -0.05) is 35.2 Å². The molecule has 3 heteroatoms. The maximum absolute atomic E-state index is 9.78. The van der Waals surface area contributed by atoms with Gasteiger partial charge < -0.3 is 9.84 Å². The van der Waals surface area contributed by atoms with Crippen molar-refractivity contribution in [3.05, 3.63) is 28.2 Å². The Bertz CT molecular complexity index is 397. The van der Waals surface area contributed by atoms with Crippen LogP contribution >= 0.6 is 15.9 Å². The van der Waals surface area contributed by atoms with Gasteiger partial charge in [0.05, 0.1) is 7.11 Å². The van der Waals surface area contributed by atoms with Crippen molar-refractivity contribution in [2.24, 2.45) is 5.41 Å². The molecule has 0 saturated heterocycles. The van der Waals surface area contributed by atoms with E-state index in [1.807, 2.05) is 12.1 Å². The molecule has 0 radical (unpaired) electrons. The quantitative estimate of drug-likeness (QED) is 0.912. The van der Waals surface area contributed by atoms with Gasteiger partial charge in [0.25, 0.3) is 0 Å². The Morgan fingerprint density at radius 1 is 1.28 bits per heavy atom. The summed E-state index contributed by atoms with van der Waals surface area (Å²) in [5.74, 6) is 0.927. The molecular formula is C15H21BrO2. The van der Waals surface area contributed by atoms with Crippen LogP contribution in [-0.2, 0) is 6.42 Å². The Morgan fingerprint density at radius 2 is 2.00 bits per heavy atom. The molecule has 1 aromatic rings. The van der Waals surface area contributed by atoms with Crippen molar-refractivity contribution in [1.82, 2.24) is 0 Å². The van der Waals surface area contributed by atoms with Crippen LogP contribution in [0, 0.1) is 5.41 Å². The van der Waals surface area contributed by atoms with E-state index in [1.165, 1.54) is 24.8 Å². The van der Waals surface area contributed by atoms with Crippen LogP contribution in [-0.4, -0.2) is 18.8 Å². The van der Waals surface area contributed by atoms with E-state index in [-0.39, 0.29) is 12.0 Å². The molecular weight excluding hydrogens is 292 g/mol. The highest BCUT2D eigenvalue weighted by Crippen LogP contribution is 2.40. The lowest BCUT2D eigenvalue weighted by Crippen LogP contribution is -2.30. The fraction of sp³-hybridized carbons (Fsp3) is 0.600. The van der Waals surface area contributed by atoms with E-state index in [2.05, 4.69) is 22.0 Å². The molecule has 1 saturated carbocycles. The van der Waals surface area contributed by atoms with E-state index in [0.29, 0.717) is 0 Å². The third-order valence-corrected chi connectivity index (χ3v) is 4.55. The fourth-order valence-electron chi connectivity index (χ4n) is 2.98. The molecule has 0 aromatic heterocycles. The Kier molecular flexibility index (Phi) is 4.68. The second kappa shape index (κ2) is 6.07. The molecule has 1 aliphatic carbocycles. The van der Waals surface area contributed by atoms with Crippen molar-refractivity contribution in [3.8, 4) is 5.75 Å². The van der Waals surface area contributed by atoms with Crippen LogP contribution in [0.15, 0.2) is 22.7 Å². The van der Waals surface area contributed by atoms with Crippen LogP contribution in [0.1, 0.15) is 37.7 Å². The van der Waals surface area contributed by atoms with Gasteiger partial charge in [0, 0.05) is 11.1 Å². The molecule has 0 amide bonds. The van der Waals surface area contributed by atoms with Gasteiger partial charge in [0.15, 0.2) is 0 Å². The number of aliphatic hydroxyl groups excluding tert-OH is 1. The standard InChI is InChI=1S/C15H21BrO2/c1-18-14-6-5-13(16)9-12(14)10-15(11-17)7-3-2-4-8-15/h5-6,9,17H,2-4,7-8,10-11H2,1H3. The third kappa shape index (κ3) is 3.07. The number of ether oxygens (including phenoxy) is 1. The van der Waals surface area contributed by atoms with E-state index in [9.17, 15) is 5.11 Å². The van der Waals surface area contributed by atoms with Gasteiger partial charge in [-0.2, -0.15) is 0 Å². The van der Waals surface area contributed by atoms with Crippen molar-refractivity contribution in [3.63, 3.8) is 0 Å². The van der Waals surface area contributed by atoms with Gasteiger partial charge in [0.2, 0.25) is 0 Å². The first kappa shape index (κ1) is 13.9. The lowest BCUT2D eigenvalue weighted by molar-refractivity contribution is 0.0817. The second-order valence-electron chi connectivity index (χ2n) is 5.35. The summed E-state index contributed by atoms with van der Waals surface area (Å²) in [5, 5.41) is 9.78. The number of halogens is 1. The topological polar surface area (TPSA) is 29.5 Å². The summed E-state index contributed by atoms with van der Waals surface area (Å²) in [4.78, 5) is 0. The average Bonchev–Trinajstić information content (AvgIpc) is 2.40. The maximum Gasteiger partial charge on any atom is 0.122 e. The van der Waals surface area contributed by atoms with Gasteiger partial charge in [-0.25, -0.2) is 0 Å². The SMILES string of the molecule is COc1ccc(Br)cc1CC1(CO)CCCCC1. The van der Waals surface area contributed by atoms with Crippen LogP contribution in [0.25, 0.3) is 0 Å². The summed E-state index contributed by atoms with van der Waals surface area (Å²) < 4.78 is 6.50. The number of methoxy groups -OCH3 is 1. The molecule has 1 aromatic carbocycles. The van der Waals surface area contributed by atoms with Crippen LogP contribution in [0.4, 0.5) is 0 Å². The Labute approximate surface area is 117 Å². The van der Waals surface area contributed by atoms with Crippen molar-refractivity contribution >= 4 is 15.9 Å². The van der Waals surface area contributed by atoms with E-state index < -0.39 is 0 Å². The first-order chi connectivity index (χ1) is 8.69. The predicted octanol–water partition coefficient (Wildman–Crippen LogP) is 3.94. The molecule has 1 aliphatic rings. The highest BCUT2D eigenvalue weighted by molar-refractivity contribution is 9.10.